The molecule has 6 heteroatoms. The van der Waals surface area contributed by atoms with E-state index >= 15 is 0 Å². The lowest BCUT2D eigenvalue weighted by Crippen LogP contribution is -2.34. The standard InChI is InChI=1S/C21H23N3OS.ClH/c22-16-5-3-4-15(13-16)21(25)23-17-10-8-14(9-11-17)12-20-24-18-6-1-2-7-19(18)26-20;/h1-2,6-11,15-16H,3-5,12-13,22H2,(H,23,25);1H. The lowest BCUT2D eigenvalue weighted by molar-refractivity contribution is -0.120. The van der Waals surface area contributed by atoms with E-state index in [9.17, 15) is 4.79 Å². The fourth-order valence-corrected chi connectivity index (χ4v) is 4.59. The molecule has 0 aliphatic heterocycles. The summed E-state index contributed by atoms with van der Waals surface area (Å²) in [7, 11) is 0. The van der Waals surface area contributed by atoms with E-state index in [4.69, 9.17) is 5.73 Å². The van der Waals surface area contributed by atoms with Crippen LogP contribution in [0, 0.1) is 5.92 Å². The first kappa shape index (κ1) is 19.8. The lowest BCUT2D eigenvalue weighted by Gasteiger charge is -2.25. The van der Waals surface area contributed by atoms with Gasteiger partial charge in [-0.05, 0) is 49.1 Å². The molecule has 1 amide bonds. The van der Waals surface area contributed by atoms with Gasteiger partial charge in [0.2, 0.25) is 5.91 Å². The number of hydrogen-bond acceptors (Lipinski definition) is 4. The number of amides is 1. The largest absolute Gasteiger partial charge is 0.328 e. The zero-order valence-electron chi connectivity index (χ0n) is 15.1. The van der Waals surface area contributed by atoms with Gasteiger partial charge in [-0.1, -0.05) is 30.7 Å². The van der Waals surface area contributed by atoms with Crippen LogP contribution in [-0.4, -0.2) is 16.9 Å². The normalized spacial score (nSPS) is 19.4. The Hall–Kier alpha value is -1.95. The predicted octanol–water partition coefficient (Wildman–Crippen LogP) is 4.76. The number of anilines is 1. The van der Waals surface area contributed by atoms with Crippen LogP contribution in [0.3, 0.4) is 0 Å². The molecule has 4 nitrogen and oxygen atoms in total. The van der Waals surface area contributed by atoms with E-state index in [1.54, 1.807) is 11.3 Å². The third-order valence-electron chi connectivity index (χ3n) is 5.00. The molecule has 2 aromatic carbocycles. The number of fused-ring (bicyclic) bond motifs is 1. The number of carbonyl (C=O) groups excluding carboxylic acids is 1. The number of para-hydroxylation sites is 1. The third-order valence-corrected chi connectivity index (χ3v) is 6.04. The Bertz CT molecular complexity index is 876. The first-order chi connectivity index (χ1) is 12.7. The number of nitrogens with two attached hydrogens (primary N) is 1. The molecule has 1 heterocycles. The van der Waals surface area contributed by atoms with Crippen LogP contribution in [0.4, 0.5) is 5.69 Å². The summed E-state index contributed by atoms with van der Waals surface area (Å²) in [5, 5.41) is 4.15. The average molecular weight is 402 g/mol. The van der Waals surface area contributed by atoms with E-state index in [1.807, 2.05) is 30.3 Å². The highest BCUT2D eigenvalue weighted by Crippen LogP contribution is 2.26. The number of thiazole rings is 1. The third kappa shape index (κ3) is 4.86. The summed E-state index contributed by atoms with van der Waals surface area (Å²) in [4.78, 5) is 17.1. The number of nitrogens with zero attached hydrogens (tertiary/aromatic N) is 1. The van der Waals surface area contributed by atoms with Crippen LogP contribution in [0.25, 0.3) is 10.2 Å². The van der Waals surface area contributed by atoms with Crippen LogP contribution >= 0.6 is 23.7 Å². The number of aromatic nitrogens is 1. The Balaban J connectivity index is 0.00000210. The van der Waals surface area contributed by atoms with Crippen LogP contribution in [0.2, 0.25) is 0 Å². The van der Waals surface area contributed by atoms with Crippen molar-refractivity contribution in [2.45, 2.75) is 38.1 Å². The fourth-order valence-electron chi connectivity index (χ4n) is 3.59. The molecule has 2 unspecified atom stereocenters. The molecule has 0 saturated heterocycles. The molecular formula is C21H24ClN3OS. The van der Waals surface area contributed by atoms with Crippen LogP contribution in [0.5, 0.6) is 0 Å². The smallest absolute Gasteiger partial charge is 0.227 e. The second-order valence-corrected chi connectivity index (χ2v) is 8.18. The Morgan fingerprint density at radius 1 is 1.15 bits per heavy atom. The topological polar surface area (TPSA) is 68.0 Å². The minimum Gasteiger partial charge on any atom is -0.328 e. The molecule has 1 saturated carbocycles. The van der Waals surface area contributed by atoms with Gasteiger partial charge in [-0.25, -0.2) is 4.98 Å². The summed E-state index contributed by atoms with van der Waals surface area (Å²) >= 11 is 1.73. The number of rotatable bonds is 4. The number of nitrogens with one attached hydrogen (secondary N) is 1. The van der Waals surface area contributed by atoms with Crippen molar-refractivity contribution in [1.29, 1.82) is 0 Å². The zero-order valence-corrected chi connectivity index (χ0v) is 16.7. The van der Waals surface area contributed by atoms with Crippen LogP contribution in [0.1, 0.15) is 36.3 Å². The molecule has 1 aromatic heterocycles. The minimum atomic E-state index is 0. The van der Waals surface area contributed by atoms with E-state index in [0.29, 0.717) is 0 Å². The van der Waals surface area contributed by atoms with Gasteiger partial charge in [0.1, 0.15) is 0 Å². The molecule has 3 N–H and O–H groups in total. The van der Waals surface area contributed by atoms with Gasteiger partial charge >= 0.3 is 0 Å². The highest BCUT2D eigenvalue weighted by Gasteiger charge is 2.25. The molecule has 0 bridgehead atoms. The van der Waals surface area contributed by atoms with E-state index in [1.165, 1.54) is 10.3 Å². The molecule has 27 heavy (non-hydrogen) atoms. The number of benzene rings is 2. The van der Waals surface area contributed by atoms with E-state index < -0.39 is 0 Å². The van der Waals surface area contributed by atoms with Crippen molar-refractivity contribution in [3.8, 4) is 0 Å². The van der Waals surface area contributed by atoms with Crippen molar-refractivity contribution in [1.82, 2.24) is 4.98 Å². The average Bonchev–Trinajstić information content (AvgIpc) is 3.05. The van der Waals surface area contributed by atoms with E-state index in [2.05, 4.69) is 28.5 Å². The number of carbonyl (C=O) groups is 1. The molecule has 1 fully saturated rings. The maximum Gasteiger partial charge on any atom is 0.227 e. The van der Waals surface area contributed by atoms with Crippen molar-refractivity contribution < 1.29 is 4.79 Å². The molecule has 3 aromatic rings. The Kier molecular flexibility index (Phi) is 6.47. The van der Waals surface area contributed by atoms with Crippen LogP contribution in [0.15, 0.2) is 48.5 Å². The molecule has 0 spiro atoms. The summed E-state index contributed by atoms with van der Waals surface area (Å²) in [5.41, 5.74) is 9.10. The molecule has 142 valence electrons. The Labute approximate surface area is 169 Å². The van der Waals surface area contributed by atoms with Crippen molar-refractivity contribution >= 4 is 45.6 Å². The van der Waals surface area contributed by atoms with Gasteiger partial charge in [0, 0.05) is 24.1 Å². The van der Waals surface area contributed by atoms with Gasteiger partial charge in [-0.3, -0.25) is 4.79 Å². The van der Waals surface area contributed by atoms with Crippen molar-refractivity contribution in [2.75, 3.05) is 5.32 Å². The van der Waals surface area contributed by atoms with Gasteiger partial charge in [-0.15, -0.1) is 23.7 Å². The first-order valence-electron chi connectivity index (χ1n) is 9.17. The lowest BCUT2D eigenvalue weighted by atomic mass is 9.85. The summed E-state index contributed by atoms with van der Waals surface area (Å²) < 4.78 is 1.22. The molecule has 4 rings (SSSR count). The molecular weight excluding hydrogens is 378 g/mol. The van der Waals surface area contributed by atoms with Crippen molar-refractivity contribution in [2.24, 2.45) is 11.7 Å². The Morgan fingerprint density at radius 3 is 2.67 bits per heavy atom. The molecule has 2 atom stereocenters. The monoisotopic (exact) mass is 401 g/mol. The summed E-state index contributed by atoms with van der Waals surface area (Å²) in [5.74, 6) is 0.139. The van der Waals surface area contributed by atoms with Crippen LogP contribution < -0.4 is 11.1 Å². The van der Waals surface area contributed by atoms with Gasteiger partial charge < -0.3 is 11.1 Å². The Morgan fingerprint density at radius 2 is 1.93 bits per heavy atom. The highest BCUT2D eigenvalue weighted by atomic mass is 35.5. The second kappa shape index (κ2) is 8.83. The maximum atomic E-state index is 12.4. The van der Waals surface area contributed by atoms with Gasteiger partial charge in [0.25, 0.3) is 0 Å². The maximum absolute atomic E-state index is 12.4. The van der Waals surface area contributed by atoms with Gasteiger partial charge in [0.05, 0.1) is 15.2 Å². The predicted molar refractivity (Wildman–Crippen MR) is 115 cm³/mol. The van der Waals surface area contributed by atoms with Gasteiger partial charge in [-0.2, -0.15) is 0 Å². The highest BCUT2D eigenvalue weighted by molar-refractivity contribution is 7.18. The van der Waals surface area contributed by atoms with E-state index in [-0.39, 0.29) is 30.3 Å². The summed E-state index contributed by atoms with van der Waals surface area (Å²) in [6.45, 7) is 0. The van der Waals surface area contributed by atoms with Crippen molar-refractivity contribution in [3.63, 3.8) is 0 Å². The number of halogens is 1. The first-order valence-corrected chi connectivity index (χ1v) is 9.99. The van der Waals surface area contributed by atoms with E-state index in [0.717, 1.165) is 48.3 Å². The SMILES string of the molecule is Cl.NC1CCCC(C(=O)Nc2ccc(Cc3nc4ccccc4s3)cc2)C1. The molecule has 1 aliphatic carbocycles. The van der Waals surface area contributed by atoms with Crippen LogP contribution in [-0.2, 0) is 11.2 Å². The van der Waals surface area contributed by atoms with Crippen molar-refractivity contribution in [3.05, 3.63) is 59.1 Å². The fraction of sp³-hybridized carbons (Fsp3) is 0.333. The molecule has 0 radical (unpaired) electrons. The quantitative estimate of drug-likeness (QED) is 0.661. The summed E-state index contributed by atoms with van der Waals surface area (Å²) in [6.07, 6.45) is 4.62. The second-order valence-electron chi connectivity index (χ2n) is 7.06. The molecule has 1 aliphatic rings. The zero-order chi connectivity index (χ0) is 17.9. The number of hydrogen-bond donors (Lipinski definition) is 2. The summed E-state index contributed by atoms with van der Waals surface area (Å²) in [6, 6.07) is 16.5. The minimum absolute atomic E-state index is 0. The van der Waals surface area contributed by atoms with Gasteiger partial charge in [0.15, 0.2) is 0 Å².